The number of nitrogens with zero attached hydrogens (tertiary/aromatic N) is 1. The molecule has 1 unspecified atom stereocenters. The molecule has 2 rings (SSSR count). The van der Waals surface area contributed by atoms with Gasteiger partial charge < -0.3 is 10.0 Å². The first-order valence-electron chi connectivity index (χ1n) is 8.37. The lowest BCUT2D eigenvalue weighted by Gasteiger charge is -2.24. The zero-order valence-corrected chi connectivity index (χ0v) is 16.0. The zero-order valence-electron chi connectivity index (χ0n) is 14.5. The average molecular weight is 380 g/mol. The van der Waals surface area contributed by atoms with Crippen LogP contribution in [-0.2, 0) is 11.2 Å². The fraction of sp³-hybridized carbons (Fsp3) is 0.350. The lowest BCUT2D eigenvalue weighted by molar-refractivity contribution is -0.130. The molecule has 5 heteroatoms. The number of rotatable bonds is 7. The number of carbonyl (C=O) groups excluding carboxylic acids is 1. The van der Waals surface area contributed by atoms with Crippen LogP contribution in [-0.4, -0.2) is 29.5 Å². The van der Waals surface area contributed by atoms with Crippen molar-refractivity contribution in [2.45, 2.75) is 32.1 Å². The number of halogens is 2. The molecule has 1 amide bonds. The van der Waals surface area contributed by atoms with Crippen LogP contribution in [0.1, 0.15) is 36.8 Å². The number of hydrogen-bond donors (Lipinski definition) is 1. The van der Waals surface area contributed by atoms with Crippen LogP contribution < -0.4 is 0 Å². The van der Waals surface area contributed by atoms with Crippen molar-refractivity contribution in [2.24, 2.45) is 0 Å². The summed E-state index contributed by atoms with van der Waals surface area (Å²) >= 11 is 12.1. The van der Waals surface area contributed by atoms with E-state index in [2.05, 4.69) is 6.92 Å². The molecule has 0 aromatic heterocycles. The molecule has 0 saturated carbocycles. The molecule has 0 heterocycles. The van der Waals surface area contributed by atoms with Crippen molar-refractivity contribution in [3.63, 3.8) is 0 Å². The summed E-state index contributed by atoms with van der Waals surface area (Å²) < 4.78 is 0. The van der Waals surface area contributed by atoms with Crippen molar-refractivity contribution in [3.05, 3.63) is 63.6 Å². The van der Waals surface area contributed by atoms with Gasteiger partial charge in [-0.15, -0.1) is 0 Å². The summed E-state index contributed by atoms with van der Waals surface area (Å²) in [5, 5.41) is 10.4. The molecule has 1 N–H and O–H groups in total. The fourth-order valence-electron chi connectivity index (χ4n) is 2.77. The van der Waals surface area contributed by atoms with Gasteiger partial charge in [0, 0.05) is 25.9 Å². The van der Waals surface area contributed by atoms with Gasteiger partial charge in [0.15, 0.2) is 0 Å². The number of aromatic hydroxyl groups is 1. The Balaban J connectivity index is 1.93. The third kappa shape index (κ3) is 5.65. The molecule has 0 spiro atoms. The molecule has 134 valence electrons. The third-order valence-electron chi connectivity index (χ3n) is 4.39. The molecule has 0 saturated heterocycles. The van der Waals surface area contributed by atoms with E-state index >= 15 is 0 Å². The molecule has 2 aromatic rings. The first kappa shape index (κ1) is 19.6. The zero-order chi connectivity index (χ0) is 18.4. The van der Waals surface area contributed by atoms with E-state index in [-0.39, 0.29) is 17.6 Å². The Hall–Kier alpha value is -1.71. The van der Waals surface area contributed by atoms with E-state index in [4.69, 9.17) is 23.2 Å². The van der Waals surface area contributed by atoms with E-state index in [1.54, 1.807) is 23.1 Å². The normalized spacial score (nSPS) is 12.0. The summed E-state index contributed by atoms with van der Waals surface area (Å²) in [6, 6.07) is 12.6. The lowest BCUT2D eigenvalue weighted by Crippen LogP contribution is -2.31. The Labute approximate surface area is 159 Å². The Morgan fingerprint density at radius 3 is 2.40 bits per heavy atom. The van der Waals surface area contributed by atoms with E-state index < -0.39 is 0 Å². The van der Waals surface area contributed by atoms with Gasteiger partial charge in [0.2, 0.25) is 5.91 Å². The highest BCUT2D eigenvalue weighted by Gasteiger charge is 2.17. The van der Waals surface area contributed by atoms with Crippen LogP contribution in [0.4, 0.5) is 0 Å². The molecule has 0 aliphatic heterocycles. The van der Waals surface area contributed by atoms with Crippen LogP contribution in [0, 0.1) is 0 Å². The maximum absolute atomic E-state index is 12.4. The second-order valence-corrected chi connectivity index (χ2v) is 7.03. The van der Waals surface area contributed by atoms with Crippen molar-refractivity contribution in [2.75, 3.05) is 13.6 Å². The van der Waals surface area contributed by atoms with Crippen LogP contribution in [0.5, 0.6) is 5.75 Å². The minimum Gasteiger partial charge on any atom is -0.508 e. The van der Waals surface area contributed by atoms with E-state index in [0.717, 1.165) is 17.5 Å². The van der Waals surface area contributed by atoms with Crippen LogP contribution in [0.25, 0.3) is 0 Å². The molecule has 25 heavy (non-hydrogen) atoms. The summed E-state index contributed by atoms with van der Waals surface area (Å²) in [7, 11) is 1.83. The Morgan fingerprint density at radius 2 is 1.80 bits per heavy atom. The minimum atomic E-state index is 0.103. The Morgan fingerprint density at radius 1 is 1.12 bits per heavy atom. The minimum absolute atomic E-state index is 0.103. The summed E-state index contributed by atoms with van der Waals surface area (Å²) in [5.41, 5.74) is 2.13. The van der Waals surface area contributed by atoms with Crippen LogP contribution >= 0.6 is 23.2 Å². The SMILES string of the molecule is CCC(CN(C)C(=O)CCc1ccc(O)cc1)c1ccc(Cl)c(Cl)c1. The molecule has 0 radical (unpaired) electrons. The molecule has 3 nitrogen and oxygen atoms in total. The van der Waals surface area contributed by atoms with Gasteiger partial charge in [-0.1, -0.05) is 48.3 Å². The van der Waals surface area contributed by atoms with Gasteiger partial charge >= 0.3 is 0 Å². The van der Waals surface area contributed by atoms with Gasteiger partial charge in [-0.05, 0) is 48.2 Å². The van der Waals surface area contributed by atoms with Gasteiger partial charge in [-0.2, -0.15) is 0 Å². The molecule has 2 aromatic carbocycles. The van der Waals surface area contributed by atoms with Gasteiger partial charge in [0.25, 0.3) is 0 Å². The highest BCUT2D eigenvalue weighted by molar-refractivity contribution is 6.42. The maximum atomic E-state index is 12.4. The second kappa shape index (κ2) is 9.12. The molecule has 0 bridgehead atoms. The highest BCUT2D eigenvalue weighted by Crippen LogP contribution is 2.28. The van der Waals surface area contributed by atoms with E-state index in [1.807, 2.05) is 31.3 Å². The number of amides is 1. The van der Waals surface area contributed by atoms with Crippen molar-refractivity contribution >= 4 is 29.1 Å². The summed E-state index contributed by atoms with van der Waals surface area (Å²) in [4.78, 5) is 14.2. The van der Waals surface area contributed by atoms with Gasteiger partial charge in [0.05, 0.1) is 10.0 Å². The standard InChI is InChI=1S/C20H23Cl2NO2/c1-3-15(16-7-10-18(21)19(22)12-16)13-23(2)20(25)11-6-14-4-8-17(24)9-5-14/h4-5,7-10,12,15,24H,3,6,11,13H2,1-2H3. The topological polar surface area (TPSA) is 40.5 Å². The Kier molecular flexibility index (Phi) is 7.15. The number of carbonyl (C=O) groups is 1. The Bertz CT molecular complexity index is 716. The molecule has 1 atom stereocenters. The number of aryl methyl sites for hydroxylation is 1. The fourth-order valence-corrected chi connectivity index (χ4v) is 3.08. The number of benzene rings is 2. The predicted molar refractivity (Wildman–Crippen MR) is 104 cm³/mol. The molecule has 0 aliphatic rings. The smallest absolute Gasteiger partial charge is 0.222 e. The van der Waals surface area contributed by atoms with Gasteiger partial charge in [-0.25, -0.2) is 0 Å². The summed E-state index contributed by atoms with van der Waals surface area (Å²) in [6.45, 7) is 2.74. The quantitative estimate of drug-likeness (QED) is 0.710. The maximum Gasteiger partial charge on any atom is 0.222 e. The van der Waals surface area contributed by atoms with Crippen LogP contribution in [0.3, 0.4) is 0 Å². The van der Waals surface area contributed by atoms with E-state index in [0.29, 0.717) is 29.4 Å². The second-order valence-electron chi connectivity index (χ2n) is 6.22. The number of likely N-dealkylation sites (N-methyl/N-ethyl adjacent to an activating group) is 1. The van der Waals surface area contributed by atoms with Crippen LogP contribution in [0.15, 0.2) is 42.5 Å². The summed E-state index contributed by atoms with van der Waals surface area (Å²) in [6.07, 6.45) is 2.01. The van der Waals surface area contributed by atoms with Crippen molar-refractivity contribution < 1.29 is 9.90 Å². The lowest BCUT2D eigenvalue weighted by atomic mass is 9.96. The first-order chi connectivity index (χ1) is 11.9. The molecule has 0 aliphatic carbocycles. The van der Waals surface area contributed by atoms with Crippen molar-refractivity contribution in [1.29, 1.82) is 0 Å². The number of phenols is 1. The summed E-state index contributed by atoms with van der Waals surface area (Å²) in [5.74, 6) is 0.559. The average Bonchev–Trinajstić information content (AvgIpc) is 2.61. The highest BCUT2D eigenvalue weighted by atomic mass is 35.5. The number of hydrogen-bond acceptors (Lipinski definition) is 2. The first-order valence-corrected chi connectivity index (χ1v) is 9.13. The largest absolute Gasteiger partial charge is 0.508 e. The predicted octanol–water partition coefficient (Wildman–Crippen LogP) is 5.28. The molecular weight excluding hydrogens is 357 g/mol. The van der Waals surface area contributed by atoms with Crippen LogP contribution in [0.2, 0.25) is 10.0 Å². The molecule has 0 fully saturated rings. The third-order valence-corrected chi connectivity index (χ3v) is 5.13. The molecular formula is C20H23Cl2NO2. The van der Waals surface area contributed by atoms with E-state index in [9.17, 15) is 9.90 Å². The van der Waals surface area contributed by atoms with Crippen molar-refractivity contribution in [1.82, 2.24) is 4.90 Å². The monoisotopic (exact) mass is 379 g/mol. The van der Waals surface area contributed by atoms with E-state index in [1.165, 1.54) is 0 Å². The van der Waals surface area contributed by atoms with Gasteiger partial charge in [0.1, 0.15) is 5.75 Å². The van der Waals surface area contributed by atoms with Crippen molar-refractivity contribution in [3.8, 4) is 5.75 Å². The number of phenolic OH excluding ortho intramolecular Hbond substituents is 1. The van der Waals surface area contributed by atoms with Gasteiger partial charge in [-0.3, -0.25) is 4.79 Å².